The highest BCUT2D eigenvalue weighted by atomic mass is 35.5. The number of benzene rings is 1. The average Bonchev–Trinajstić information content (AvgIpc) is 3.03. The standard InChI is InChI=1S/C21H22ClN5O4/c22-14-2-3-16-13(8-14)9-17(25-16)21(31)23-11-15-10-20(30)27-6-1-5-26(12-18(27)24-15)19(29)4-7-28/h2-3,8-10,25,28H,1,4-7,11-12H2,(H,23,31). The van der Waals surface area contributed by atoms with Crippen LogP contribution in [0.5, 0.6) is 0 Å². The molecule has 10 heteroatoms. The molecule has 3 aromatic rings. The van der Waals surface area contributed by atoms with Crippen molar-refractivity contribution in [3.63, 3.8) is 0 Å². The molecule has 162 valence electrons. The maximum absolute atomic E-state index is 12.6. The highest BCUT2D eigenvalue weighted by molar-refractivity contribution is 6.31. The van der Waals surface area contributed by atoms with Crippen LogP contribution in [0.25, 0.3) is 10.9 Å². The van der Waals surface area contributed by atoms with Crippen molar-refractivity contribution >= 4 is 34.3 Å². The second-order valence-electron chi connectivity index (χ2n) is 7.39. The van der Waals surface area contributed by atoms with Crippen molar-refractivity contribution in [1.82, 2.24) is 24.8 Å². The third-order valence-corrected chi connectivity index (χ3v) is 5.45. The molecule has 0 saturated carbocycles. The van der Waals surface area contributed by atoms with Gasteiger partial charge in [0.2, 0.25) is 5.91 Å². The van der Waals surface area contributed by atoms with Gasteiger partial charge in [-0.15, -0.1) is 0 Å². The van der Waals surface area contributed by atoms with Crippen molar-refractivity contribution in [2.24, 2.45) is 0 Å². The van der Waals surface area contributed by atoms with Gasteiger partial charge in [-0.1, -0.05) is 11.6 Å². The lowest BCUT2D eigenvalue weighted by atomic mass is 10.2. The number of H-pyrrole nitrogens is 1. The number of halogens is 1. The molecule has 0 aliphatic carbocycles. The number of aromatic nitrogens is 3. The summed E-state index contributed by atoms with van der Waals surface area (Å²) in [6.07, 6.45) is 0.669. The molecule has 0 radical (unpaired) electrons. The molecule has 3 heterocycles. The van der Waals surface area contributed by atoms with E-state index < -0.39 is 0 Å². The van der Waals surface area contributed by atoms with Gasteiger partial charge in [0.1, 0.15) is 11.5 Å². The minimum absolute atomic E-state index is 0.0374. The Labute approximate surface area is 182 Å². The molecule has 0 saturated heterocycles. The van der Waals surface area contributed by atoms with Gasteiger partial charge in [0.25, 0.3) is 11.5 Å². The van der Waals surface area contributed by atoms with Gasteiger partial charge in [0.05, 0.1) is 25.4 Å². The monoisotopic (exact) mass is 443 g/mol. The Hall–Kier alpha value is -3.17. The molecule has 4 rings (SSSR count). The summed E-state index contributed by atoms with van der Waals surface area (Å²) in [5, 5.41) is 13.2. The summed E-state index contributed by atoms with van der Waals surface area (Å²) >= 11 is 5.99. The van der Waals surface area contributed by atoms with E-state index >= 15 is 0 Å². The van der Waals surface area contributed by atoms with Crippen LogP contribution in [0.3, 0.4) is 0 Å². The molecule has 3 N–H and O–H groups in total. The first-order chi connectivity index (χ1) is 14.9. The van der Waals surface area contributed by atoms with Crippen LogP contribution in [-0.2, 0) is 24.4 Å². The van der Waals surface area contributed by atoms with E-state index in [9.17, 15) is 14.4 Å². The molecular formula is C21H22ClN5O4. The van der Waals surface area contributed by atoms with Crippen molar-refractivity contribution in [3.05, 3.63) is 62.9 Å². The van der Waals surface area contributed by atoms with Gasteiger partial charge in [-0.25, -0.2) is 4.98 Å². The van der Waals surface area contributed by atoms with Crippen LogP contribution in [0, 0.1) is 0 Å². The zero-order valence-corrected chi connectivity index (χ0v) is 17.5. The number of aliphatic hydroxyl groups is 1. The molecule has 0 atom stereocenters. The van der Waals surface area contributed by atoms with Gasteiger partial charge in [0, 0.05) is 41.5 Å². The second-order valence-corrected chi connectivity index (χ2v) is 7.83. The van der Waals surface area contributed by atoms with Crippen molar-refractivity contribution in [2.75, 3.05) is 13.2 Å². The molecule has 1 aromatic carbocycles. The van der Waals surface area contributed by atoms with E-state index in [1.54, 1.807) is 33.7 Å². The second kappa shape index (κ2) is 8.91. The summed E-state index contributed by atoms with van der Waals surface area (Å²) in [6.45, 7) is 1.01. The number of fused-ring (bicyclic) bond motifs is 2. The summed E-state index contributed by atoms with van der Waals surface area (Å²) in [6, 6.07) is 8.42. The van der Waals surface area contributed by atoms with Crippen molar-refractivity contribution < 1.29 is 14.7 Å². The number of nitrogens with zero attached hydrogens (tertiary/aromatic N) is 3. The van der Waals surface area contributed by atoms with Gasteiger partial charge >= 0.3 is 0 Å². The SMILES string of the molecule is O=C(NCc1cc(=O)n2c(n1)CN(C(=O)CCO)CCC2)c1cc2cc(Cl)ccc2[nH]1. The number of nitrogens with one attached hydrogen (secondary N) is 2. The van der Waals surface area contributed by atoms with Gasteiger partial charge in [-0.3, -0.25) is 19.0 Å². The summed E-state index contributed by atoms with van der Waals surface area (Å²) in [5.74, 6) is -0.0347. The molecule has 9 nitrogen and oxygen atoms in total. The molecule has 31 heavy (non-hydrogen) atoms. The highest BCUT2D eigenvalue weighted by Crippen LogP contribution is 2.20. The van der Waals surface area contributed by atoms with E-state index in [0.29, 0.717) is 41.7 Å². The highest BCUT2D eigenvalue weighted by Gasteiger charge is 2.21. The molecule has 1 aliphatic rings. The van der Waals surface area contributed by atoms with Gasteiger partial charge in [0.15, 0.2) is 0 Å². The molecule has 0 bridgehead atoms. The Morgan fingerprint density at radius 3 is 2.87 bits per heavy atom. The normalized spacial score (nSPS) is 13.7. The predicted octanol–water partition coefficient (Wildman–Crippen LogP) is 1.42. The van der Waals surface area contributed by atoms with Crippen LogP contribution < -0.4 is 10.9 Å². The fourth-order valence-corrected chi connectivity index (χ4v) is 3.87. The van der Waals surface area contributed by atoms with Gasteiger partial charge in [-0.05, 0) is 30.7 Å². The minimum atomic E-state index is -0.330. The van der Waals surface area contributed by atoms with Crippen LogP contribution in [0.4, 0.5) is 0 Å². The summed E-state index contributed by atoms with van der Waals surface area (Å²) < 4.78 is 1.55. The molecule has 2 aromatic heterocycles. The van der Waals surface area contributed by atoms with Crippen molar-refractivity contribution in [2.45, 2.75) is 32.5 Å². The lowest BCUT2D eigenvalue weighted by molar-refractivity contribution is -0.132. The number of amides is 2. The summed E-state index contributed by atoms with van der Waals surface area (Å²) in [4.78, 5) is 46.4. The molecular weight excluding hydrogens is 422 g/mol. The largest absolute Gasteiger partial charge is 0.396 e. The Bertz CT molecular complexity index is 1200. The number of carbonyl (C=O) groups is 2. The maximum atomic E-state index is 12.6. The molecule has 0 spiro atoms. The summed E-state index contributed by atoms with van der Waals surface area (Å²) in [5.41, 5.74) is 1.37. The number of carbonyl (C=O) groups excluding carboxylic acids is 2. The molecule has 2 amide bonds. The molecule has 0 fully saturated rings. The Kier molecular flexibility index (Phi) is 6.06. The lowest BCUT2D eigenvalue weighted by Crippen LogP contribution is -2.33. The number of aliphatic hydroxyl groups excluding tert-OH is 1. The Morgan fingerprint density at radius 2 is 2.06 bits per heavy atom. The van der Waals surface area contributed by atoms with E-state index in [0.717, 1.165) is 10.9 Å². The van der Waals surface area contributed by atoms with Gasteiger partial charge < -0.3 is 20.3 Å². The number of hydrogen-bond donors (Lipinski definition) is 3. The zero-order valence-electron chi connectivity index (χ0n) is 16.7. The van der Waals surface area contributed by atoms with Crippen molar-refractivity contribution in [1.29, 1.82) is 0 Å². The maximum Gasteiger partial charge on any atom is 0.268 e. The molecule has 0 unspecified atom stereocenters. The Balaban J connectivity index is 1.50. The fraction of sp³-hybridized carbons (Fsp3) is 0.333. The number of aromatic amines is 1. The van der Waals surface area contributed by atoms with E-state index in [2.05, 4.69) is 15.3 Å². The zero-order chi connectivity index (χ0) is 22.0. The third-order valence-electron chi connectivity index (χ3n) is 5.22. The van der Waals surface area contributed by atoms with Crippen LogP contribution in [0.2, 0.25) is 5.02 Å². The molecule has 1 aliphatic heterocycles. The van der Waals surface area contributed by atoms with Crippen LogP contribution in [0.1, 0.15) is 34.8 Å². The smallest absolute Gasteiger partial charge is 0.268 e. The summed E-state index contributed by atoms with van der Waals surface area (Å²) in [7, 11) is 0. The van der Waals surface area contributed by atoms with Gasteiger partial charge in [-0.2, -0.15) is 0 Å². The first-order valence-corrected chi connectivity index (χ1v) is 10.4. The lowest BCUT2D eigenvalue weighted by Gasteiger charge is -2.19. The minimum Gasteiger partial charge on any atom is -0.396 e. The van der Waals surface area contributed by atoms with E-state index in [4.69, 9.17) is 16.7 Å². The van der Waals surface area contributed by atoms with E-state index in [-0.39, 0.29) is 43.5 Å². The van der Waals surface area contributed by atoms with Crippen LogP contribution in [0.15, 0.2) is 35.1 Å². The van der Waals surface area contributed by atoms with E-state index in [1.807, 2.05) is 0 Å². The first-order valence-electron chi connectivity index (χ1n) is 9.99. The number of hydrogen-bond acceptors (Lipinski definition) is 5. The van der Waals surface area contributed by atoms with E-state index in [1.165, 1.54) is 6.07 Å². The average molecular weight is 444 g/mol. The fourth-order valence-electron chi connectivity index (χ4n) is 3.68. The van der Waals surface area contributed by atoms with Crippen molar-refractivity contribution in [3.8, 4) is 0 Å². The number of rotatable bonds is 5. The Morgan fingerprint density at radius 1 is 1.23 bits per heavy atom. The third kappa shape index (κ3) is 4.62. The first kappa shape index (κ1) is 21.1. The van der Waals surface area contributed by atoms with Crippen LogP contribution >= 0.6 is 11.6 Å². The van der Waals surface area contributed by atoms with Crippen LogP contribution in [-0.4, -0.2) is 49.5 Å². The quantitative estimate of drug-likeness (QED) is 0.550. The predicted molar refractivity (Wildman–Crippen MR) is 115 cm³/mol. The topological polar surface area (TPSA) is 120 Å².